The molecule has 0 bridgehead atoms. The molecule has 4 rings (SSSR count). The second-order valence-electron chi connectivity index (χ2n) is 7.28. The summed E-state index contributed by atoms with van der Waals surface area (Å²) in [5, 5.41) is 4.63. The Kier molecular flexibility index (Phi) is 5.44. The summed E-state index contributed by atoms with van der Waals surface area (Å²) in [5.74, 6) is 1.00. The van der Waals surface area contributed by atoms with Gasteiger partial charge in [0.2, 0.25) is 0 Å². The van der Waals surface area contributed by atoms with E-state index in [1.54, 1.807) is 18.4 Å². The monoisotopic (exact) mass is 410 g/mol. The molecule has 0 aliphatic heterocycles. The van der Waals surface area contributed by atoms with Crippen LogP contribution < -0.4 is 15.7 Å². The van der Waals surface area contributed by atoms with Crippen LogP contribution in [-0.2, 0) is 24.2 Å². The Labute approximate surface area is 172 Å². The van der Waals surface area contributed by atoms with Crippen LogP contribution in [0, 0.1) is 5.92 Å². The molecule has 1 aliphatic rings. The van der Waals surface area contributed by atoms with Gasteiger partial charge in [0.25, 0.3) is 11.5 Å². The van der Waals surface area contributed by atoms with E-state index in [-0.39, 0.29) is 18.0 Å². The number of nitrogens with zero attached hydrogens (tertiary/aromatic N) is 3. The Bertz CT molecular complexity index is 1130. The van der Waals surface area contributed by atoms with Gasteiger partial charge in [0.15, 0.2) is 0 Å². The summed E-state index contributed by atoms with van der Waals surface area (Å²) in [7, 11) is 1.60. The van der Waals surface area contributed by atoms with Gasteiger partial charge in [0.1, 0.15) is 17.1 Å². The van der Waals surface area contributed by atoms with E-state index in [1.807, 2.05) is 24.3 Å². The molecule has 2 heterocycles. The summed E-state index contributed by atoms with van der Waals surface area (Å²) in [6, 6.07) is 7.28. The van der Waals surface area contributed by atoms with Crippen LogP contribution in [0.3, 0.4) is 0 Å². The molecule has 0 saturated carbocycles. The zero-order valence-electron chi connectivity index (χ0n) is 16.3. The highest BCUT2D eigenvalue weighted by Gasteiger charge is 2.23. The van der Waals surface area contributed by atoms with Gasteiger partial charge in [-0.2, -0.15) is 5.10 Å². The number of fused-ring (bicyclic) bond motifs is 3. The minimum Gasteiger partial charge on any atom is -0.497 e. The minimum atomic E-state index is -0.379. The fraction of sp³-hybridized carbons (Fsp3) is 0.333. The summed E-state index contributed by atoms with van der Waals surface area (Å²) < 4.78 is 6.45. The fourth-order valence-electron chi connectivity index (χ4n) is 3.54. The van der Waals surface area contributed by atoms with Gasteiger partial charge < -0.3 is 4.74 Å². The third-order valence-electron chi connectivity index (χ3n) is 5.11. The molecule has 1 aromatic carbocycles. The van der Waals surface area contributed by atoms with Crippen molar-refractivity contribution in [3.63, 3.8) is 0 Å². The number of rotatable bonds is 5. The molecule has 1 amide bonds. The number of carbonyl (C=O) groups excluding carboxylic acids is 1. The molecule has 3 aromatic rings. The summed E-state index contributed by atoms with van der Waals surface area (Å²) in [5.41, 5.74) is 4.25. The van der Waals surface area contributed by atoms with E-state index in [0.29, 0.717) is 11.3 Å². The van der Waals surface area contributed by atoms with Gasteiger partial charge in [0, 0.05) is 4.88 Å². The molecule has 8 heteroatoms. The normalized spacial score (nSPS) is 16.1. The number of amides is 1. The third kappa shape index (κ3) is 4.07. The van der Waals surface area contributed by atoms with Crippen LogP contribution in [0.4, 0.5) is 0 Å². The maximum absolute atomic E-state index is 12.9. The number of hydrogen-bond donors (Lipinski definition) is 1. The van der Waals surface area contributed by atoms with Crippen LogP contribution >= 0.6 is 11.3 Å². The standard InChI is InChI=1S/C21H22N4O3S/c1-13-3-8-16-17(9-13)29-20-19(16)21(27)25(12-22-20)11-18(26)24-23-10-14-4-6-15(28-2)7-5-14/h4-7,10,12-13H,3,8-9,11H2,1-2H3,(H,24,26)/b23-10-/t13-/m0/s1. The summed E-state index contributed by atoms with van der Waals surface area (Å²) in [4.78, 5) is 31.6. The molecular weight excluding hydrogens is 388 g/mol. The van der Waals surface area contributed by atoms with Crippen LogP contribution in [0.25, 0.3) is 10.2 Å². The zero-order valence-corrected chi connectivity index (χ0v) is 17.2. The summed E-state index contributed by atoms with van der Waals surface area (Å²) in [6.45, 7) is 2.11. The summed E-state index contributed by atoms with van der Waals surface area (Å²) in [6.07, 6.45) is 5.96. The minimum absolute atomic E-state index is 0.122. The van der Waals surface area contributed by atoms with E-state index in [9.17, 15) is 9.59 Å². The van der Waals surface area contributed by atoms with Crippen LogP contribution in [0.1, 0.15) is 29.3 Å². The van der Waals surface area contributed by atoms with Crippen molar-refractivity contribution < 1.29 is 9.53 Å². The second-order valence-corrected chi connectivity index (χ2v) is 8.36. The number of hydrogen-bond acceptors (Lipinski definition) is 6. The molecular formula is C21H22N4O3S. The summed E-state index contributed by atoms with van der Waals surface area (Å²) >= 11 is 1.60. The predicted octanol–water partition coefficient (Wildman–Crippen LogP) is 2.74. The first-order valence-electron chi connectivity index (χ1n) is 9.51. The first-order chi connectivity index (χ1) is 14.0. The molecule has 0 fully saturated rings. The Morgan fingerprint density at radius 2 is 2.21 bits per heavy atom. The highest BCUT2D eigenvalue weighted by Crippen LogP contribution is 2.35. The zero-order chi connectivity index (χ0) is 20.4. The molecule has 2 aromatic heterocycles. The van der Waals surface area contributed by atoms with Crippen molar-refractivity contribution in [2.24, 2.45) is 11.0 Å². The lowest BCUT2D eigenvalue weighted by Gasteiger charge is -2.17. The maximum atomic E-state index is 12.9. The Hall–Kier alpha value is -3.00. The van der Waals surface area contributed by atoms with Gasteiger partial charge in [-0.3, -0.25) is 14.2 Å². The van der Waals surface area contributed by atoms with Gasteiger partial charge >= 0.3 is 0 Å². The van der Waals surface area contributed by atoms with E-state index >= 15 is 0 Å². The van der Waals surface area contributed by atoms with Crippen LogP contribution in [0.2, 0.25) is 0 Å². The average Bonchev–Trinajstić information content (AvgIpc) is 3.09. The average molecular weight is 410 g/mol. The van der Waals surface area contributed by atoms with E-state index in [1.165, 1.54) is 22.0 Å². The van der Waals surface area contributed by atoms with Crippen LogP contribution in [0.5, 0.6) is 5.75 Å². The lowest BCUT2D eigenvalue weighted by Crippen LogP contribution is -2.30. The van der Waals surface area contributed by atoms with Gasteiger partial charge in [0.05, 0.1) is 25.0 Å². The molecule has 29 heavy (non-hydrogen) atoms. The molecule has 0 spiro atoms. The smallest absolute Gasteiger partial charge is 0.262 e. The van der Waals surface area contributed by atoms with Crippen molar-refractivity contribution in [1.29, 1.82) is 0 Å². The highest BCUT2D eigenvalue weighted by molar-refractivity contribution is 7.18. The van der Waals surface area contributed by atoms with E-state index in [0.717, 1.165) is 41.0 Å². The van der Waals surface area contributed by atoms with Gasteiger partial charge in [-0.05, 0) is 60.6 Å². The lowest BCUT2D eigenvalue weighted by molar-refractivity contribution is -0.121. The maximum Gasteiger partial charge on any atom is 0.262 e. The highest BCUT2D eigenvalue weighted by atomic mass is 32.1. The molecule has 150 valence electrons. The number of methoxy groups -OCH3 is 1. The first-order valence-corrected chi connectivity index (χ1v) is 10.3. The number of hydrazone groups is 1. The number of aryl methyl sites for hydroxylation is 1. The van der Waals surface area contributed by atoms with Gasteiger partial charge in [-0.25, -0.2) is 10.4 Å². The molecule has 0 radical (unpaired) electrons. The second kappa shape index (κ2) is 8.16. The SMILES string of the molecule is COc1ccc(/C=N\NC(=O)Cn2cnc3sc4c(c3c2=O)CC[C@H](C)C4)cc1. The number of ether oxygens (including phenoxy) is 1. The Morgan fingerprint density at radius 1 is 1.41 bits per heavy atom. The van der Waals surface area contributed by atoms with Crippen molar-refractivity contribution in [3.05, 3.63) is 57.0 Å². The van der Waals surface area contributed by atoms with Crippen molar-refractivity contribution in [1.82, 2.24) is 15.0 Å². The van der Waals surface area contributed by atoms with Gasteiger partial charge in [-0.1, -0.05) is 6.92 Å². The molecule has 1 N–H and O–H groups in total. The van der Waals surface area contributed by atoms with Crippen LogP contribution in [-0.4, -0.2) is 28.8 Å². The predicted molar refractivity (Wildman–Crippen MR) is 114 cm³/mol. The quantitative estimate of drug-likeness (QED) is 0.518. The van der Waals surface area contributed by atoms with Crippen molar-refractivity contribution in [2.75, 3.05) is 7.11 Å². The fourth-order valence-corrected chi connectivity index (χ4v) is 4.88. The third-order valence-corrected chi connectivity index (χ3v) is 6.28. The molecule has 1 aliphatic carbocycles. The Balaban J connectivity index is 1.47. The molecule has 1 atom stereocenters. The topological polar surface area (TPSA) is 85.6 Å². The molecule has 0 unspecified atom stereocenters. The molecule has 7 nitrogen and oxygen atoms in total. The van der Waals surface area contributed by atoms with Crippen molar-refractivity contribution >= 4 is 33.7 Å². The van der Waals surface area contributed by atoms with E-state index < -0.39 is 0 Å². The first kappa shape index (κ1) is 19.3. The largest absolute Gasteiger partial charge is 0.497 e. The number of aromatic nitrogens is 2. The van der Waals surface area contributed by atoms with E-state index in [2.05, 4.69) is 22.4 Å². The van der Waals surface area contributed by atoms with E-state index in [4.69, 9.17) is 4.74 Å². The van der Waals surface area contributed by atoms with Crippen molar-refractivity contribution in [3.8, 4) is 5.75 Å². The number of benzene rings is 1. The number of nitrogens with one attached hydrogen (secondary N) is 1. The Morgan fingerprint density at radius 3 is 2.97 bits per heavy atom. The number of carbonyl (C=O) groups is 1. The van der Waals surface area contributed by atoms with Gasteiger partial charge in [-0.15, -0.1) is 11.3 Å². The van der Waals surface area contributed by atoms with Crippen molar-refractivity contribution in [2.45, 2.75) is 32.7 Å². The molecule has 0 saturated heterocycles. The van der Waals surface area contributed by atoms with Crippen LogP contribution in [0.15, 0.2) is 40.5 Å². The number of thiophene rings is 1. The lowest BCUT2D eigenvalue weighted by atomic mass is 9.89.